The second-order valence-electron chi connectivity index (χ2n) is 3.30. The summed E-state index contributed by atoms with van der Waals surface area (Å²) in [6.07, 6.45) is 9.94. The van der Waals surface area contributed by atoms with Gasteiger partial charge < -0.3 is 4.79 Å². The molecule has 1 heteroatoms. The summed E-state index contributed by atoms with van der Waals surface area (Å²) in [5.41, 5.74) is 0. The average Bonchev–Trinajstić information content (AvgIpc) is 2.02. The molecule has 0 radical (unpaired) electrons. The number of rotatable bonds is 8. The molecule has 0 fully saturated rings. The Labute approximate surface area is 75.9 Å². The molecule has 0 spiro atoms. The molecule has 0 N–H and O–H groups in total. The number of allylic oxidation sites excluding steroid dienone is 1. The molecule has 0 aliphatic heterocycles. The molecule has 0 aromatic rings. The Morgan fingerprint density at radius 1 is 1.17 bits per heavy atom. The smallest absolute Gasteiger partial charge is 0.129 e. The van der Waals surface area contributed by atoms with E-state index < -0.39 is 0 Å². The van der Waals surface area contributed by atoms with E-state index in [1.54, 1.807) is 6.92 Å². The molecule has 0 amide bonds. The van der Waals surface area contributed by atoms with E-state index in [4.69, 9.17) is 0 Å². The van der Waals surface area contributed by atoms with Crippen molar-refractivity contribution >= 4 is 5.78 Å². The quantitative estimate of drug-likeness (QED) is 0.400. The lowest BCUT2D eigenvalue weighted by molar-refractivity contribution is -0.117. The molecule has 12 heavy (non-hydrogen) atoms. The van der Waals surface area contributed by atoms with Crippen LogP contribution in [0.1, 0.15) is 51.9 Å². The average molecular weight is 168 g/mol. The minimum atomic E-state index is 0.320. The zero-order valence-corrected chi connectivity index (χ0v) is 8.14. The predicted molar refractivity (Wildman–Crippen MR) is 53.2 cm³/mol. The van der Waals surface area contributed by atoms with Crippen LogP contribution in [0.4, 0.5) is 0 Å². The van der Waals surface area contributed by atoms with E-state index in [2.05, 4.69) is 6.58 Å². The molecule has 0 aliphatic rings. The summed E-state index contributed by atoms with van der Waals surface area (Å²) in [6.45, 7) is 5.34. The van der Waals surface area contributed by atoms with E-state index in [1.165, 1.54) is 25.7 Å². The fourth-order valence-corrected chi connectivity index (χ4v) is 1.19. The highest BCUT2D eigenvalue weighted by atomic mass is 16.1. The molecule has 0 heterocycles. The molecular weight excluding hydrogens is 148 g/mol. The Morgan fingerprint density at radius 3 is 2.33 bits per heavy atom. The van der Waals surface area contributed by atoms with Crippen LogP contribution in [0.25, 0.3) is 0 Å². The molecule has 0 unspecified atom stereocenters. The van der Waals surface area contributed by atoms with E-state index in [0.717, 1.165) is 19.3 Å². The van der Waals surface area contributed by atoms with Gasteiger partial charge in [-0.15, -0.1) is 6.58 Å². The van der Waals surface area contributed by atoms with Gasteiger partial charge in [-0.25, -0.2) is 0 Å². The van der Waals surface area contributed by atoms with Crippen molar-refractivity contribution in [3.05, 3.63) is 12.7 Å². The Kier molecular flexibility index (Phi) is 8.09. The zero-order chi connectivity index (χ0) is 9.23. The van der Waals surface area contributed by atoms with Gasteiger partial charge in [0.1, 0.15) is 5.78 Å². The molecule has 0 saturated heterocycles. The number of carbonyl (C=O) groups is 1. The molecule has 0 aromatic heterocycles. The lowest BCUT2D eigenvalue weighted by atomic mass is 10.1. The third kappa shape index (κ3) is 9.41. The Bertz CT molecular complexity index is 127. The van der Waals surface area contributed by atoms with Crippen LogP contribution in [0.2, 0.25) is 0 Å². The van der Waals surface area contributed by atoms with Gasteiger partial charge in [-0.2, -0.15) is 0 Å². The molecule has 0 saturated carbocycles. The van der Waals surface area contributed by atoms with Gasteiger partial charge in [-0.3, -0.25) is 0 Å². The molecular formula is C11H20O. The van der Waals surface area contributed by atoms with Gasteiger partial charge in [0.15, 0.2) is 0 Å². The summed E-state index contributed by atoms with van der Waals surface area (Å²) in [7, 11) is 0. The van der Waals surface area contributed by atoms with Crippen molar-refractivity contribution in [2.24, 2.45) is 0 Å². The number of Topliss-reactive ketones (excluding diaryl/α,β-unsaturated/α-hetero) is 1. The predicted octanol–water partition coefficient (Wildman–Crippen LogP) is 3.49. The van der Waals surface area contributed by atoms with Crippen molar-refractivity contribution < 1.29 is 4.79 Å². The maximum atomic E-state index is 10.6. The Morgan fingerprint density at radius 2 is 1.75 bits per heavy atom. The topological polar surface area (TPSA) is 17.1 Å². The highest BCUT2D eigenvalue weighted by Gasteiger charge is 1.93. The van der Waals surface area contributed by atoms with Crippen LogP contribution in [0.15, 0.2) is 12.7 Å². The first kappa shape index (κ1) is 11.4. The van der Waals surface area contributed by atoms with Gasteiger partial charge in [0.25, 0.3) is 0 Å². The molecule has 0 atom stereocenters. The van der Waals surface area contributed by atoms with Crippen molar-refractivity contribution in [2.45, 2.75) is 51.9 Å². The van der Waals surface area contributed by atoms with Crippen LogP contribution in [-0.2, 0) is 4.79 Å². The van der Waals surface area contributed by atoms with Crippen molar-refractivity contribution in [1.82, 2.24) is 0 Å². The van der Waals surface area contributed by atoms with E-state index in [0.29, 0.717) is 5.78 Å². The fraction of sp³-hybridized carbons (Fsp3) is 0.727. The van der Waals surface area contributed by atoms with Crippen LogP contribution in [-0.4, -0.2) is 5.78 Å². The van der Waals surface area contributed by atoms with Gasteiger partial charge in [-0.05, 0) is 26.2 Å². The summed E-state index contributed by atoms with van der Waals surface area (Å²) in [4.78, 5) is 10.6. The van der Waals surface area contributed by atoms with Gasteiger partial charge in [0, 0.05) is 6.42 Å². The number of hydrogen-bond donors (Lipinski definition) is 0. The normalized spacial score (nSPS) is 9.75. The second kappa shape index (κ2) is 8.51. The SMILES string of the molecule is C=CCCCCCCCC(C)=O. The van der Waals surface area contributed by atoms with Gasteiger partial charge in [0.2, 0.25) is 0 Å². The zero-order valence-electron chi connectivity index (χ0n) is 8.14. The second-order valence-corrected chi connectivity index (χ2v) is 3.30. The van der Waals surface area contributed by atoms with Crippen LogP contribution in [0.5, 0.6) is 0 Å². The number of ketones is 1. The third-order valence-corrected chi connectivity index (χ3v) is 1.94. The minimum absolute atomic E-state index is 0.320. The number of unbranched alkanes of at least 4 members (excludes halogenated alkanes) is 5. The van der Waals surface area contributed by atoms with E-state index in [9.17, 15) is 4.79 Å². The number of hydrogen-bond acceptors (Lipinski definition) is 1. The van der Waals surface area contributed by atoms with Crippen molar-refractivity contribution in [3.63, 3.8) is 0 Å². The lowest BCUT2D eigenvalue weighted by Crippen LogP contribution is -1.88. The van der Waals surface area contributed by atoms with Gasteiger partial charge in [-0.1, -0.05) is 25.3 Å². The highest BCUT2D eigenvalue weighted by molar-refractivity contribution is 5.75. The molecule has 0 rings (SSSR count). The van der Waals surface area contributed by atoms with Gasteiger partial charge >= 0.3 is 0 Å². The molecule has 0 bridgehead atoms. The largest absolute Gasteiger partial charge is 0.300 e. The minimum Gasteiger partial charge on any atom is -0.300 e. The van der Waals surface area contributed by atoms with Crippen LogP contribution in [0, 0.1) is 0 Å². The first-order valence-electron chi connectivity index (χ1n) is 4.87. The summed E-state index contributed by atoms with van der Waals surface area (Å²) in [5, 5.41) is 0. The Balaban J connectivity index is 2.90. The maximum Gasteiger partial charge on any atom is 0.129 e. The van der Waals surface area contributed by atoms with E-state index >= 15 is 0 Å². The molecule has 1 nitrogen and oxygen atoms in total. The summed E-state index contributed by atoms with van der Waals surface area (Å²) in [6, 6.07) is 0. The standard InChI is InChI=1S/C11H20O/c1-3-4-5-6-7-8-9-10-11(2)12/h3H,1,4-10H2,2H3. The third-order valence-electron chi connectivity index (χ3n) is 1.94. The molecule has 70 valence electrons. The summed E-state index contributed by atoms with van der Waals surface area (Å²) < 4.78 is 0. The van der Waals surface area contributed by atoms with E-state index in [1.807, 2.05) is 6.08 Å². The summed E-state index contributed by atoms with van der Waals surface area (Å²) in [5.74, 6) is 0.320. The Hall–Kier alpha value is -0.590. The fourth-order valence-electron chi connectivity index (χ4n) is 1.19. The summed E-state index contributed by atoms with van der Waals surface area (Å²) >= 11 is 0. The van der Waals surface area contributed by atoms with Crippen molar-refractivity contribution in [2.75, 3.05) is 0 Å². The van der Waals surface area contributed by atoms with E-state index in [-0.39, 0.29) is 0 Å². The van der Waals surface area contributed by atoms with Crippen molar-refractivity contribution in [1.29, 1.82) is 0 Å². The molecule has 0 aliphatic carbocycles. The highest BCUT2D eigenvalue weighted by Crippen LogP contribution is 2.07. The lowest BCUT2D eigenvalue weighted by Gasteiger charge is -1.97. The monoisotopic (exact) mass is 168 g/mol. The van der Waals surface area contributed by atoms with Crippen LogP contribution >= 0.6 is 0 Å². The van der Waals surface area contributed by atoms with Crippen LogP contribution < -0.4 is 0 Å². The van der Waals surface area contributed by atoms with Gasteiger partial charge in [0.05, 0.1) is 0 Å². The van der Waals surface area contributed by atoms with Crippen molar-refractivity contribution in [3.8, 4) is 0 Å². The molecule has 0 aromatic carbocycles. The number of carbonyl (C=O) groups excluding carboxylic acids is 1. The first-order valence-corrected chi connectivity index (χ1v) is 4.87. The first-order chi connectivity index (χ1) is 5.77. The maximum absolute atomic E-state index is 10.6. The van der Waals surface area contributed by atoms with Crippen LogP contribution in [0.3, 0.4) is 0 Å².